The highest BCUT2D eigenvalue weighted by atomic mass is 19.4. The van der Waals surface area contributed by atoms with Gasteiger partial charge in [-0.15, -0.1) is 0 Å². The molecule has 3 aromatic rings. The van der Waals surface area contributed by atoms with E-state index in [-0.39, 0.29) is 11.5 Å². The monoisotopic (exact) mass is 290 g/mol. The summed E-state index contributed by atoms with van der Waals surface area (Å²) in [4.78, 5) is 10.9. The SMILES string of the molecule is Nc1cc(-c2ccc3cccnc3c2)nc(C(F)(F)F)n1. The summed E-state index contributed by atoms with van der Waals surface area (Å²) in [5.41, 5.74) is 6.72. The van der Waals surface area contributed by atoms with Crippen LogP contribution in [-0.2, 0) is 6.18 Å². The Hall–Kier alpha value is -2.70. The molecule has 0 radical (unpaired) electrons. The molecule has 0 bridgehead atoms. The van der Waals surface area contributed by atoms with E-state index in [2.05, 4.69) is 15.0 Å². The molecule has 0 saturated heterocycles. The van der Waals surface area contributed by atoms with Crippen molar-refractivity contribution in [3.8, 4) is 11.3 Å². The Labute approximate surface area is 117 Å². The van der Waals surface area contributed by atoms with Gasteiger partial charge in [-0.1, -0.05) is 18.2 Å². The highest BCUT2D eigenvalue weighted by Crippen LogP contribution is 2.30. The quantitative estimate of drug-likeness (QED) is 0.747. The first kappa shape index (κ1) is 13.3. The number of alkyl halides is 3. The molecule has 4 nitrogen and oxygen atoms in total. The highest BCUT2D eigenvalue weighted by molar-refractivity contribution is 5.83. The summed E-state index contributed by atoms with van der Waals surface area (Å²) in [5, 5.41) is 0.888. The van der Waals surface area contributed by atoms with Gasteiger partial charge in [0.05, 0.1) is 11.2 Å². The number of nitrogens with zero attached hydrogens (tertiary/aromatic N) is 3. The van der Waals surface area contributed by atoms with Gasteiger partial charge in [0.1, 0.15) is 5.82 Å². The summed E-state index contributed by atoms with van der Waals surface area (Å²) in [6.07, 6.45) is -3.03. The second-order valence-corrected chi connectivity index (χ2v) is 4.41. The topological polar surface area (TPSA) is 64.7 Å². The number of nitrogen functional groups attached to an aromatic ring is 1. The van der Waals surface area contributed by atoms with Crippen LogP contribution in [0.25, 0.3) is 22.2 Å². The first-order valence-electron chi connectivity index (χ1n) is 6.00. The third kappa shape index (κ3) is 2.62. The molecule has 106 valence electrons. The van der Waals surface area contributed by atoms with E-state index in [1.165, 1.54) is 6.07 Å². The number of rotatable bonds is 1. The molecular formula is C14H9F3N4. The smallest absolute Gasteiger partial charge is 0.384 e. The van der Waals surface area contributed by atoms with Crippen LogP contribution in [0, 0.1) is 0 Å². The van der Waals surface area contributed by atoms with Gasteiger partial charge >= 0.3 is 6.18 Å². The summed E-state index contributed by atoms with van der Waals surface area (Å²) in [6.45, 7) is 0. The second kappa shape index (κ2) is 4.69. The maximum atomic E-state index is 12.7. The fourth-order valence-electron chi connectivity index (χ4n) is 1.97. The van der Waals surface area contributed by atoms with E-state index < -0.39 is 12.0 Å². The molecule has 1 aromatic carbocycles. The zero-order valence-electron chi connectivity index (χ0n) is 10.6. The summed E-state index contributed by atoms with van der Waals surface area (Å²) < 4.78 is 38.2. The molecule has 0 aliphatic carbocycles. The van der Waals surface area contributed by atoms with Crippen molar-refractivity contribution in [2.24, 2.45) is 0 Å². The van der Waals surface area contributed by atoms with Gasteiger partial charge in [0.2, 0.25) is 5.82 Å². The van der Waals surface area contributed by atoms with Crippen molar-refractivity contribution in [1.82, 2.24) is 15.0 Å². The average Bonchev–Trinajstić information content (AvgIpc) is 2.45. The first-order chi connectivity index (χ1) is 9.93. The largest absolute Gasteiger partial charge is 0.451 e. The number of anilines is 1. The molecule has 0 spiro atoms. The van der Waals surface area contributed by atoms with Crippen LogP contribution in [0.2, 0.25) is 0 Å². The second-order valence-electron chi connectivity index (χ2n) is 4.41. The highest BCUT2D eigenvalue weighted by Gasteiger charge is 2.35. The van der Waals surface area contributed by atoms with Crippen LogP contribution in [0.4, 0.5) is 19.0 Å². The van der Waals surface area contributed by atoms with Crippen molar-refractivity contribution >= 4 is 16.7 Å². The van der Waals surface area contributed by atoms with Crippen LogP contribution in [-0.4, -0.2) is 15.0 Å². The molecule has 0 aliphatic rings. The van der Waals surface area contributed by atoms with Gasteiger partial charge in [-0.3, -0.25) is 4.98 Å². The minimum atomic E-state index is -4.64. The van der Waals surface area contributed by atoms with E-state index in [0.29, 0.717) is 11.1 Å². The predicted octanol–water partition coefficient (Wildman–Crippen LogP) is 3.29. The van der Waals surface area contributed by atoms with Gasteiger partial charge in [0.25, 0.3) is 0 Å². The Balaban J connectivity index is 2.16. The van der Waals surface area contributed by atoms with Gasteiger partial charge in [-0.2, -0.15) is 13.2 Å². The van der Waals surface area contributed by atoms with E-state index >= 15 is 0 Å². The van der Waals surface area contributed by atoms with Crippen molar-refractivity contribution in [3.63, 3.8) is 0 Å². The number of halogens is 3. The average molecular weight is 290 g/mol. The molecule has 7 heteroatoms. The molecule has 0 unspecified atom stereocenters. The van der Waals surface area contributed by atoms with Crippen LogP contribution in [0.5, 0.6) is 0 Å². The van der Waals surface area contributed by atoms with Crippen LogP contribution >= 0.6 is 0 Å². The van der Waals surface area contributed by atoms with E-state index in [1.54, 1.807) is 30.5 Å². The van der Waals surface area contributed by atoms with E-state index in [0.717, 1.165) is 5.39 Å². The van der Waals surface area contributed by atoms with Gasteiger partial charge in [0.15, 0.2) is 0 Å². The number of benzene rings is 1. The molecule has 0 amide bonds. The van der Waals surface area contributed by atoms with Crippen LogP contribution < -0.4 is 5.73 Å². The zero-order chi connectivity index (χ0) is 15.0. The molecule has 0 aliphatic heterocycles. The van der Waals surface area contributed by atoms with Gasteiger partial charge in [0, 0.05) is 23.2 Å². The molecule has 3 rings (SSSR count). The fourth-order valence-corrected chi connectivity index (χ4v) is 1.97. The van der Waals surface area contributed by atoms with E-state index in [1.807, 2.05) is 6.07 Å². The summed E-state index contributed by atoms with van der Waals surface area (Å²) in [6, 6.07) is 10.1. The zero-order valence-corrected chi connectivity index (χ0v) is 10.6. The lowest BCUT2D eigenvalue weighted by Crippen LogP contribution is -2.13. The molecule has 0 saturated carbocycles. The lowest BCUT2D eigenvalue weighted by Gasteiger charge is -2.09. The molecule has 2 aromatic heterocycles. The fraction of sp³-hybridized carbons (Fsp3) is 0.0714. The predicted molar refractivity (Wildman–Crippen MR) is 72.2 cm³/mol. The molecular weight excluding hydrogens is 281 g/mol. The molecule has 0 fully saturated rings. The number of hydrogen-bond acceptors (Lipinski definition) is 4. The van der Waals surface area contributed by atoms with Crippen LogP contribution in [0.3, 0.4) is 0 Å². The van der Waals surface area contributed by atoms with Crippen molar-refractivity contribution < 1.29 is 13.2 Å². The van der Waals surface area contributed by atoms with Crippen molar-refractivity contribution in [3.05, 3.63) is 48.4 Å². The van der Waals surface area contributed by atoms with E-state index in [9.17, 15) is 13.2 Å². The van der Waals surface area contributed by atoms with E-state index in [4.69, 9.17) is 5.73 Å². The number of fused-ring (bicyclic) bond motifs is 1. The summed E-state index contributed by atoms with van der Waals surface area (Å²) in [7, 11) is 0. The Bertz CT molecular complexity index is 815. The lowest BCUT2D eigenvalue weighted by molar-refractivity contribution is -0.144. The normalized spacial score (nSPS) is 11.8. The van der Waals surface area contributed by atoms with Crippen LogP contribution in [0.1, 0.15) is 5.82 Å². The molecule has 2 N–H and O–H groups in total. The molecule has 0 atom stereocenters. The Kier molecular flexibility index (Phi) is 2.97. The maximum Gasteiger partial charge on any atom is 0.451 e. The number of aromatic nitrogens is 3. The van der Waals surface area contributed by atoms with Crippen molar-refractivity contribution in [1.29, 1.82) is 0 Å². The van der Waals surface area contributed by atoms with Gasteiger partial charge in [-0.05, 0) is 12.1 Å². The third-order valence-corrected chi connectivity index (χ3v) is 2.90. The number of hydrogen-bond donors (Lipinski definition) is 1. The summed E-state index contributed by atoms with van der Waals surface area (Å²) in [5.74, 6) is -1.48. The Morgan fingerprint density at radius 2 is 1.81 bits per heavy atom. The van der Waals surface area contributed by atoms with Crippen molar-refractivity contribution in [2.75, 3.05) is 5.73 Å². The first-order valence-corrected chi connectivity index (χ1v) is 6.00. The lowest BCUT2D eigenvalue weighted by atomic mass is 10.1. The minimum Gasteiger partial charge on any atom is -0.384 e. The number of pyridine rings is 1. The van der Waals surface area contributed by atoms with Crippen molar-refractivity contribution in [2.45, 2.75) is 6.18 Å². The molecule has 2 heterocycles. The molecule has 21 heavy (non-hydrogen) atoms. The van der Waals surface area contributed by atoms with Gasteiger partial charge in [-0.25, -0.2) is 9.97 Å². The third-order valence-electron chi connectivity index (χ3n) is 2.90. The Morgan fingerprint density at radius 3 is 2.57 bits per heavy atom. The summed E-state index contributed by atoms with van der Waals surface area (Å²) >= 11 is 0. The maximum absolute atomic E-state index is 12.7. The number of nitrogens with two attached hydrogens (primary N) is 1. The van der Waals surface area contributed by atoms with Gasteiger partial charge < -0.3 is 5.73 Å². The minimum absolute atomic E-state index is 0.113. The Morgan fingerprint density at radius 1 is 1.00 bits per heavy atom. The van der Waals surface area contributed by atoms with Crippen LogP contribution in [0.15, 0.2) is 42.6 Å². The standard InChI is InChI=1S/C14H9F3N4/c15-14(16,17)13-20-11(7-12(18)21-13)9-4-3-8-2-1-5-19-10(8)6-9/h1-7H,(H2,18,20,21).